The SMILES string of the molecule is CC(=O)C(NC(=O)CSC(C)CN)C(C)C. The lowest BCUT2D eigenvalue weighted by Crippen LogP contribution is -2.44. The van der Waals surface area contributed by atoms with Gasteiger partial charge in [0, 0.05) is 11.8 Å². The highest BCUT2D eigenvalue weighted by atomic mass is 32.2. The highest BCUT2D eigenvalue weighted by Gasteiger charge is 2.20. The number of ketones is 1. The molecule has 2 unspecified atom stereocenters. The highest BCUT2D eigenvalue weighted by molar-refractivity contribution is 8.00. The fraction of sp³-hybridized carbons (Fsp3) is 0.818. The molecule has 0 saturated heterocycles. The molecule has 0 fully saturated rings. The number of amides is 1. The summed E-state index contributed by atoms with van der Waals surface area (Å²) in [6.07, 6.45) is 0. The Labute approximate surface area is 102 Å². The van der Waals surface area contributed by atoms with E-state index in [2.05, 4.69) is 5.32 Å². The van der Waals surface area contributed by atoms with Gasteiger partial charge in [-0.15, -0.1) is 11.8 Å². The summed E-state index contributed by atoms with van der Waals surface area (Å²) in [7, 11) is 0. The van der Waals surface area contributed by atoms with Gasteiger partial charge in [-0.05, 0) is 12.8 Å². The quantitative estimate of drug-likeness (QED) is 0.697. The van der Waals surface area contributed by atoms with Crippen LogP contribution in [0, 0.1) is 5.92 Å². The largest absolute Gasteiger partial charge is 0.345 e. The minimum atomic E-state index is -0.374. The van der Waals surface area contributed by atoms with Gasteiger partial charge in [-0.2, -0.15) is 0 Å². The fourth-order valence-corrected chi connectivity index (χ4v) is 1.89. The monoisotopic (exact) mass is 246 g/mol. The lowest BCUT2D eigenvalue weighted by atomic mass is 10.0. The van der Waals surface area contributed by atoms with Crippen LogP contribution in [0.2, 0.25) is 0 Å². The summed E-state index contributed by atoms with van der Waals surface area (Å²) in [5.41, 5.74) is 5.45. The minimum Gasteiger partial charge on any atom is -0.345 e. The van der Waals surface area contributed by atoms with Gasteiger partial charge in [0.25, 0.3) is 0 Å². The van der Waals surface area contributed by atoms with Crippen molar-refractivity contribution in [2.75, 3.05) is 12.3 Å². The number of rotatable bonds is 7. The van der Waals surface area contributed by atoms with E-state index in [4.69, 9.17) is 5.73 Å². The van der Waals surface area contributed by atoms with Crippen LogP contribution in [0.5, 0.6) is 0 Å². The summed E-state index contributed by atoms with van der Waals surface area (Å²) in [5, 5.41) is 3.01. The second-order valence-corrected chi connectivity index (χ2v) is 5.68. The number of hydrogen-bond donors (Lipinski definition) is 2. The summed E-state index contributed by atoms with van der Waals surface area (Å²) in [6.45, 7) is 7.87. The molecule has 0 heterocycles. The van der Waals surface area contributed by atoms with Gasteiger partial charge in [-0.3, -0.25) is 9.59 Å². The van der Waals surface area contributed by atoms with E-state index in [1.54, 1.807) is 0 Å². The van der Waals surface area contributed by atoms with Crippen LogP contribution in [0.3, 0.4) is 0 Å². The van der Waals surface area contributed by atoms with Crippen LogP contribution in [0.1, 0.15) is 27.7 Å². The second-order valence-electron chi connectivity index (χ2n) is 4.26. The molecule has 0 aromatic heterocycles. The molecule has 94 valence electrons. The van der Waals surface area contributed by atoms with Gasteiger partial charge in [0.2, 0.25) is 5.91 Å². The fourth-order valence-electron chi connectivity index (χ4n) is 1.24. The van der Waals surface area contributed by atoms with Gasteiger partial charge in [-0.25, -0.2) is 0 Å². The summed E-state index contributed by atoms with van der Waals surface area (Å²) in [6, 6.07) is -0.374. The Hall–Kier alpha value is -0.550. The van der Waals surface area contributed by atoms with Crippen molar-refractivity contribution in [3.05, 3.63) is 0 Å². The molecular formula is C11H22N2O2S. The van der Waals surface area contributed by atoms with E-state index >= 15 is 0 Å². The van der Waals surface area contributed by atoms with Crippen LogP contribution in [-0.4, -0.2) is 35.3 Å². The first-order chi connectivity index (χ1) is 7.38. The van der Waals surface area contributed by atoms with Crippen LogP contribution in [0.4, 0.5) is 0 Å². The lowest BCUT2D eigenvalue weighted by molar-refractivity contribution is -0.126. The molecule has 0 saturated carbocycles. The van der Waals surface area contributed by atoms with E-state index in [9.17, 15) is 9.59 Å². The van der Waals surface area contributed by atoms with Crippen molar-refractivity contribution in [2.45, 2.75) is 39.0 Å². The molecule has 0 aliphatic rings. The van der Waals surface area contributed by atoms with E-state index in [0.29, 0.717) is 12.3 Å². The van der Waals surface area contributed by atoms with Gasteiger partial charge in [0.1, 0.15) is 0 Å². The van der Waals surface area contributed by atoms with Gasteiger partial charge >= 0.3 is 0 Å². The number of nitrogens with two attached hydrogens (primary N) is 1. The maximum atomic E-state index is 11.6. The lowest BCUT2D eigenvalue weighted by Gasteiger charge is -2.19. The molecule has 4 nitrogen and oxygen atoms in total. The van der Waals surface area contributed by atoms with E-state index in [1.807, 2.05) is 20.8 Å². The second kappa shape index (κ2) is 7.68. The molecule has 0 aliphatic heterocycles. The van der Waals surface area contributed by atoms with Gasteiger partial charge in [0.05, 0.1) is 11.8 Å². The smallest absolute Gasteiger partial charge is 0.230 e. The van der Waals surface area contributed by atoms with Crippen LogP contribution in [0.25, 0.3) is 0 Å². The molecule has 0 radical (unpaired) electrons. The molecule has 0 spiro atoms. The van der Waals surface area contributed by atoms with Gasteiger partial charge in [-0.1, -0.05) is 20.8 Å². The number of carbonyl (C=O) groups excluding carboxylic acids is 2. The summed E-state index contributed by atoms with van der Waals surface area (Å²) in [4.78, 5) is 22.8. The van der Waals surface area contributed by atoms with Gasteiger partial charge in [0.15, 0.2) is 5.78 Å². The molecule has 0 aliphatic carbocycles. The molecule has 0 rings (SSSR count). The molecule has 0 bridgehead atoms. The number of carbonyl (C=O) groups is 2. The average molecular weight is 246 g/mol. The molecule has 2 atom stereocenters. The zero-order valence-corrected chi connectivity index (χ0v) is 11.3. The van der Waals surface area contributed by atoms with Crippen molar-refractivity contribution < 1.29 is 9.59 Å². The van der Waals surface area contributed by atoms with Crippen molar-refractivity contribution in [2.24, 2.45) is 11.7 Å². The number of hydrogen-bond acceptors (Lipinski definition) is 4. The van der Waals surface area contributed by atoms with Crippen molar-refractivity contribution in [3.8, 4) is 0 Å². The first-order valence-electron chi connectivity index (χ1n) is 5.50. The summed E-state index contributed by atoms with van der Waals surface area (Å²) in [5.74, 6) is 0.382. The highest BCUT2D eigenvalue weighted by Crippen LogP contribution is 2.09. The van der Waals surface area contributed by atoms with Crippen molar-refractivity contribution in [1.82, 2.24) is 5.32 Å². The molecule has 16 heavy (non-hydrogen) atoms. The van der Waals surface area contributed by atoms with Crippen LogP contribution in [0.15, 0.2) is 0 Å². The standard InChI is InChI=1S/C11H22N2O2S/c1-7(2)11(9(4)14)13-10(15)6-16-8(3)5-12/h7-8,11H,5-6,12H2,1-4H3,(H,13,15). The van der Waals surface area contributed by atoms with Gasteiger partial charge < -0.3 is 11.1 Å². The van der Waals surface area contributed by atoms with Crippen LogP contribution >= 0.6 is 11.8 Å². The van der Waals surface area contributed by atoms with E-state index in [0.717, 1.165) is 0 Å². The van der Waals surface area contributed by atoms with E-state index in [1.165, 1.54) is 18.7 Å². The van der Waals surface area contributed by atoms with Crippen LogP contribution in [-0.2, 0) is 9.59 Å². The maximum Gasteiger partial charge on any atom is 0.230 e. The molecule has 0 aromatic rings. The molecule has 0 aromatic carbocycles. The van der Waals surface area contributed by atoms with E-state index < -0.39 is 0 Å². The predicted molar refractivity (Wildman–Crippen MR) is 68.4 cm³/mol. The average Bonchev–Trinajstić information content (AvgIpc) is 2.21. The Morgan fingerprint density at radius 2 is 1.88 bits per heavy atom. The number of nitrogens with one attached hydrogen (secondary N) is 1. The number of Topliss-reactive ketones (excluding diaryl/α,β-unsaturated/α-hetero) is 1. The Bertz CT molecular complexity index is 244. The molecule has 1 amide bonds. The molecule has 3 N–H and O–H groups in total. The maximum absolute atomic E-state index is 11.6. The Kier molecular flexibility index (Phi) is 7.42. The number of thioether (sulfide) groups is 1. The first-order valence-corrected chi connectivity index (χ1v) is 6.54. The third kappa shape index (κ3) is 6.12. The summed E-state index contributed by atoms with van der Waals surface area (Å²) < 4.78 is 0. The van der Waals surface area contributed by atoms with Crippen molar-refractivity contribution >= 4 is 23.5 Å². The van der Waals surface area contributed by atoms with Crippen molar-refractivity contribution in [3.63, 3.8) is 0 Å². The van der Waals surface area contributed by atoms with Crippen LogP contribution < -0.4 is 11.1 Å². The molecule has 5 heteroatoms. The zero-order valence-electron chi connectivity index (χ0n) is 10.4. The third-order valence-electron chi connectivity index (χ3n) is 2.25. The van der Waals surface area contributed by atoms with E-state index in [-0.39, 0.29) is 28.9 Å². The zero-order chi connectivity index (χ0) is 12.7. The normalized spacial score (nSPS) is 14.6. The Balaban J connectivity index is 4.06. The Morgan fingerprint density at radius 1 is 1.31 bits per heavy atom. The van der Waals surface area contributed by atoms with Crippen molar-refractivity contribution in [1.29, 1.82) is 0 Å². The Morgan fingerprint density at radius 3 is 2.25 bits per heavy atom. The third-order valence-corrected chi connectivity index (χ3v) is 3.44. The summed E-state index contributed by atoms with van der Waals surface area (Å²) >= 11 is 1.50. The predicted octanol–water partition coefficient (Wildman–Crippen LogP) is 0.797. The topological polar surface area (TPSA) is 72.2 Å². The first kappa shape index (κ1) is 15.4. The minimum absolute atomic E-state index is 0.000207. The molecular weight excluding hydrogens is 224 g/mol.